The molecule has 2 rings (SSSR count). The molecule has 0 nitrogen and oxygen atoms in total. The standard InChI is InChI=1S/C17H21F/c1-12(2)14-9-13(10-16(18)11-14)7-8-17(3,4)15-5-6-15/h9-12,15H,5-6H2,1-4H3. The number of rotatable bonds is 2. The summed E-state index contributed by atoms with van der Waals surface area (Å²) in [6.07, 6.45) is 2.56. The molecule has 1 aliphatic carbocycles. The second-order valence-electron chi connectivity index (χ2n) is 6.17. The van der Waals surface area contributed by atoms with E-state index >= 15 is 0 Å². The summed E-state index contributed by atoms with van der Waals surface area (Å²) in [4.78, 5) is 0. The first-order valence-corrected chi connectivity index (χ1v) is 6.72. The molecule has 0 radical (unpaired) electrons. The van der Waals surface area contributed by atoms with Crippen LogP contribution in [0.25, 0.3) is 0 Å². The Morgan fingerprint density at radius 2 is 1.89 bits per heavy atom. The second-order valence-corrected chi connectivity index (χ2v) is 6.17. The molecule has 96 valence electrons. The molecule has 1 saturated carbocycles. The Morgan fingerprint density at radius 3 is 2.44 bits per heavy atom. The van der Waals surface area contributed by atoms with E-state index in [9.17, 15) is 4.39 Å². The quantitative estimate of drug-likeness (QED) is 0.659. The Hall–Kier alpha value is -1.29. The minimum Gasteiger partial charge on any atom is -0.207 e. The fraction of sp³-hybridized carbons (Fsp3) is 0.529. The first kappa shape index (κ1) is 13.1. The molecular weight excluding hydrogens is 223 g/mol. The van der Waals surface area contributed by atoms with Gasteiger partial charge in [0.25, 0.3) is 0 Å². The van der Waals surface area contributed by atoms with E-state index in [0.29, 0.717) is 5.92 Å². The monoisotopic (exact) mass is 244 g/mol. The van der Waals surface area contributed by atoms with Gasteiger partial charge in [-0.05, 0) is 62.3 Å². The van der Waals surface area contributed by atoms with Crippen molar-refractivity contribution in [3.05, 3.63) is 35.1 Å². The lowest BCUT2D eigenvalue weighted by Crippen LogP contribution is -2.10. The van der Waals surface area contributed by atoms with Gasteiger partial charge in [0.05, 0.1) is 0 Å². The highest BCUT2D eigenvalue weighted by Gasteiger charge is 2.36. The van der Waals surface area contributed by atoms with E-state index in [0.717, 1.165) is 17.0 Å². The predicted octanol–water partition coefficient (Wildman–Crippen LogP) is 4.74. The van der Waals surface area contributed by atoms with Gasteiger partial charge in [-0.25, -0.2) is 4.39 Å². The number of hydrogen-bond donors (Lipinski definition) is 0. The summed E-state index contributed by atoms with van der Waals surface area (Å²) < 4.78 is 13.5. The van der Waals surface area contributed by atoms with Crippen LogP contribution in [0.1, 0.15) is 57.6 Å². The van der Waals surface area contributed by atoms with Crippen LogP contribution >= 0.6 is 0 Å². The van der Waals surface area contributed by atoms with Gasteiger partial charge in [0.15, 0.2) is 0 Å². The summed E-state index contributed by atoms with van der Waals surface area (Å²) in [5.74, 6) is 7.34. The molecule has 1 fully saturated rings. The van der Waals surface area contributed by atoms with Crippen LogP contribution < -0.4 is 0 Å². The zero-order valence-electron chi connectivity index (χ0n) is 11.7. The van der Waals surface area contributed by atoms with E-state index in [2.05, 4.69) is 39.5 Å². The van der Waals surface area contributed by atoms with E-state index in [4.69, 9.17) is 0 Å². The van der Waals surface area contributed by atoms with Crippen molar-refractivity contribution in [2.75, 3.05) is 0 Å². The molecule has 1 aliphatic rings. The van der Waals surface area contributed by atoms with E-state index in [1.165, 1.54) is 18.9 Å². The van der Waals surface area contributed by atoms with Crippen LogP contribution in [0.15, 0.2) is 18.2 Å². The van der Waals surface area contributed by atoms with Crippen LogP contribution in [0.4, 0.5) is 4.39 Å². The zero-order valence-corrected chi connectivity index (χ0v) is 11.7. The van der Waals surface area contributed by atoms with Gasteiger partial charge in [0, 0.05) is 11.0 Å². The SMILES string of the molecule is CC(C)c1cc(F)cc(C#CC(C)(C)C2CC2)c1. The van der Waals surface area contributed by atoms with E-state index in [-0.39, 0.29) is 11.2 Å². The summed E-state index contributed by atoms with van der Waals surface area (Å²) >= 11 is 0. The molecule has 0 aromatic heterocycles. The Morgan fingerprint density at radius 1 is 1.22 bits per heavy atom. The topological polar surface area (TPSA) is 0 Å². The highest BCUT2D eigenvalue weighted by molar-refractivity contribution is 5.40. The molecule has 1 aromatic rings. The van der Waals surface area contributed by atoms with Crippen molar-refractivity contribution in [1.82, 2.24) is 0 Å². The Kier molecular flexibility index (Phi) is 3.48. The van der Waals surface area contributed by atoms with Crippen molar-refractivity contribution >= 4 is 0 Å². The maximum atomic E-state index is 13.5. The van der Waals surface area contributed by atoms with E-state index < -0.39 is 0 Å². The van der Waals surface area contributed by atoms with Crippen molar-refractivity contribution < 1.29 is 4.39 Å². The first-order chi connectivity index (χ1) is 8.38. The molecule has 0 heterocycles. The molecule has 0 aliphatic heterocycles. The smallest absolute Gasteiger partial charge is 0.124 e. The molecular formula is C17H21F. The third-order valence-electron chi connectivity index (χ3n) is 3.71. The molecule has 0 spiro atoms. The van der Waals surface area contributed by atoms with Crippen molar-refractivity contribution in [3.8, 4) is 11.8 Å². The fourth-order valence-electron chi connectivity index (χ4n) is 2.16. The Balaban J connectivity index is 2.26. The predicted molar refractivity (Wildman–Crippen MR) is 73.9 cm³/mol. The fourth-order valence-corrected chi connectivity index (χ4v) is 2.16. The van der Waals surface area contributed by atoms with Gasteiger partial charge in [-0.3, -0.25) is 0 Å². The molecule has 0 N–H and O–H groups in total. The third-order valence-corrected chi connectivity index (χ3v) is 3.71. The number of benzene rings is 1. The van der Waals surface area contributed by atoms with E-state index in [1.54, 1.807) is 6.07 Å². The molecule has 0 saturated heterocycles. The van der Waals surface area contributed by atoms with Crippen LogP contribution in [-0.4, -0.2) is 0 Å². The Labute approximate surface area is 110 Å². The summed E-state index contributed by atoms with van der Waals surface area (Å²) in [5.41, 5.74) is 1.88. The van der Waals surface area contributed by atoms with Crippen molar-refractivity contribution in [1.29, 1.82) is 0 Å². The van der Waals surface area contributed by atoms with Crippen LogP contribution in [0.5, 0.6) is 0 Å². The number of halogens is 1. The van der Waals surface area contributed by atoms with Crippen LogP contribution in [-0.2, 0) is 0 Å². The highest BCUT2D eigenvalue weighted by Crippen LogP contribution is 2.44. The van der Waals surface area contributed by atoms with Gasteiger partial charge < -0.3 is 0 Å². The lowest BCUT2D eigenvalue weighted by Gasteiger charge is -2.15. The molecule has 1 aromatic carbocycles. The van der Waals surface area contributed by atoms with Crippen molar-refractivity contribution in [2.24, 2.45) is 11.3 Å². The minimum absolute atomic E-state index is 0.0598. The summed E-state index contributed by atoms with van der Waals surface area (Å²) in [7, 11) is 0. The van der Waals surface area contributed by atoms with Gasteiger partial charge in [0.2, 0.25) is 0 Å². The normalized spacial score (nSPS) is 15.4. The van der Waals surface area contributed by atoms with Crippen molar-refractivity contribution in [3.63, 3.8) is 0 Å². The molecule has 0 atom stereocenters. The first-order valence-electron chi connectivity index (χ1n) is 6.72. The van der Waals surface area contributed by atoms with Gasteiger partial charge >= 0.3 is 0 Å². The highest BCUT2D eigenvalue weighted by atomic mass is 19.1. The van der Waals surface area contributed by atoms with E-state index in [1.807, 2.05) is 6.07 Å². The summed E-state index contributed by atoms with van der Waals surface area (Å²) in [6.45, 7) is 8.50. The largest absolute Gasteiger partial charge is 0.207 e. The zero-order chi connectivity index (χ0) is 13.3. The maximum absolute atomic E-state index is 13.5. The van der Waals surface area contributed by atoms with Crippen molar-refractivity contribution in [2.45, 2.75) is 46.5 Å². The van der Waals surface area contributed by atoms with Gasteiger partial charge in [0.1, 0.15) is 5.82 Å². The summed E-state index contributed by atoms with van der Waals surface area (Å²) in [6, 6.07) is 5.13. The average molecular weight is 244 g/mol. The molecule has 0 unspecified atom stereocenters. The van der Waals surface area contributed by atoms with Crippen LogP contribution in [0, 0.1) is 29.0 Å². The van der Waals surface area contributed by atoms with Crippen LogP contribution in [0.3, 0.4) is 0 Å². The molecule has 0 bridgehead atoms. The Bertz CT molecular complexity index is 496. The molecule has 18 heavy (non-hydrogen) atoms. The summed E-state index contributed by atoms with van der Waals surface area (Å²) in [5, 5.41) is 0. The van der Waals surface area contributed by atoms with Gasteiger partial charge in [-0.15, -0.1) is 0 Å². The molecule has 1 heteroatoms. The van der Waals surface area contributed by atoms with Gasteiger partial charge in [-0.1, -0.05) is 25.7 Å². The second kappa shape index (κ2) is 4.76. The van der Waals surface area contributed by atoms with Crippen LogP contribution in [0.2, 0.25) is 0 Å². The molecule has 0 amide bonds. The lowest BCUT2D eigenvalue weighted by molar-refractivity contribution is 0.431. The van der Waals surface area contributed by atoms with Gasteiger partial charge in [-0.2, -0.15) is 0 Å². The number of hydrogen-bond acceptors (Lipinski definition) is 0. The third kappa shape index (κ3) is 3.13. The minimum atomic E-state index is -0.185. The maximum Gasteiger partial charge on any atom is 0.124 e. The lowest BCUT2D eigenvalue weighted by atomic mass is 9.88. The average Bonchev–Trinajstić information content (AvgIpc) is 3.09.